The van der Waals surface area contributed by atoms with Crippen LogP contribution in [0.15, 0.2) is 36.4 Å². The van der Waals surface area contributed by atoms with Crippen LogP contribution in [0.1, 0.15) is 22.7 Å². The van der Waals surface area contributed by atoms with Crippen molar-refractivity contribution in [3.8, 4) is 0 Å². The summed E-state index contributed by atoms with van der Waals surface area (Å²) in [6, 6.07) is 8.92. The molecule has 0 fully saturated rings. The van der Waals surface area contributed by atoms with E-state index in [1.165, 1.54) is 6.07 Å². The Balaban J connectivity index is 2.28. The zero-order valence-corrected chi connectivity index (χ0v) is 10.5. The maximum atomic E-state index is 13.6. The molecule has 0 heterocycles. The molecule has 0 amide bonds. The van der Waals surface area contributed by atoms with Crippen molar-refractivity contribution in [3.63, 3.8) is 0 Å². The van der Waals surface area contributed by atoms with Gasteiger partial charge in [-0.25, -0.2) is 13.2 Å². The van der Waals surface area contributed by atoms with Gasteiger partial charge in [-0.3, -0.25) is 0 Å². The molecule has 0 saturated heterocycles. The largest absolute Gasteiger partial charge is 0.324 e. The topological polar surface area (TPSA) is 26.0 Å². The molecule has 0 bridgehead atoms. The quantitative estimate of drug-likeness (QED) is 0.842. The first kappa shape index (κ1) is 13.6. The van der Waals surface area contributed by atoms with Crippen LogP contribution in [0.3, 0.4) is 0 Å². The summed E-state index contributed by atoms with van der Waals surface area (Å²) in [5, 5.41) is 0. The molecule has 4 heteroatoms. The SMILES string of the molecule is Cc1ccccc1CC(N)c1ccc(F)c(F)c1F. The molecule has 2 rings (SSSR count). The van der Waals surface area contributed by atoms with Crippen molar-refractivity contribution in [2.45, 2.75) is 19.4 Å². The smallest absolute Gasteiger partial charge is 0.194 e. The Kier molecular flexibility index (Phi) is 3.90. The summed E-state index contributed by atoms with van der Waals surface area (Å²) in [4.78, 5) is 0. The zero-order chi connectivity index (χ0) is 14.0. The molecule has 2 aromatic carbocycles. The number of rotatable bonds is 3. The average molecular weight is 265 g/mol. The number of benzene rings is 2. The number of hydrogen-bond donors (Lipinski definition) is 1. The van der Waals surface area contributed by atoms with Gasteiger partial charge in [0.15, 0.2) is 17.5 Å². The van der Waals surface area contributed by atoms with E-state index in [9.17, 15) is 13.2 Å². The zero-order valence-electron chi connectivity index (χ0n) is 10.5. The Bertz CT molecular complexity index is 596. The van der Waals surface area contributed by atoms with E-state index in [1.54, 1.807) is 0 Å². The molecule has 0 spiro atoms. The van der Waals surface area contributed by atoms with E-state index in [4.69, 9.17) is 5.73 Å². The minimum atomic E-state index is -1.47. The van der Waals surface area contributed by atoms with Crippen LogP contribution in [0.4, 0.5) is 13.2 Å². The van der Waals surface area contributed by atoms with Crippen molar-refractivity contribution in [1.82, 2.24) is 0 Å². The summed E-state index contributed by atoms with van der Waals surface area (Å²) in [5.41, 5.74) is 7.86. The molecule has 1 atom stereocenters. The highest BCUT2D eigenvalue weighted by atomic mass is 19.2. The maximum Gasteiger partial charge on any atom is 0.194 e. The van der Waals surface area contributed by atoms with E-state index in [2.05, 4.69) is 0 Å². The summed E-state index contributed by atoms with van der Waals surface area (Å²) >= 11 is 0. The fourth-order valence-electron chi connectivity index (χ4n) is 2.01. The van der Waals surface area contributed by atoms with Gasteiger partial charge in [0, 0.05) is 11.6 Å². The maximum absolute atomic E-state index is 13.6. The standard InChI is InChI=1S/C15H14F3N/c1-9-4-2-3-5-10(9)8-13(19)11-6-7-12(16)15(18)14(11)17/h2-7,13H,8,19H2,1H3. The lowest BCUT2D eigenvalue weighted by molar-refractivity contribution is 0.435. The fourth-order valence-corrected chi connectivity index (χ4v) is 2.01. The van der Waals surface area contributed by atoms with Crippen molar-refractivity contribution in [1.29, 1.82) is 0 Å². The second-order valence-corrected chi connectivity index (χ2v) is 4.50. The Hall–Kier alpha value is -1.81. The minimum Gasteiger partial charge on any atom is -0.324 e. The molecule has 2 N–H and O–H groups in total. The first-order valence-electron chi connectivity index (χ1n) is 5.94. The van der Waals surface area contributed by atoms with Crippen molar-refractivity contribution >= 4 is 0 Å². The highest BCUT2D eigenvalue weighted by molar-refractivity contribution is 5.30. The van der Waals surface area contributed by atoms with Gasteiger partial charge in [0.05, 0.1) is 0 Å². The molecule has 19 heavy (non-hydrogen) atoms. The van der Waals surface area contributed by atoms with Gasteiger partial charge >= 0.3 is 0 Å². The highest BCUT2D eigenvalue weighted by Gasteiger charge is 2.18. The normalized spacial score (nSPS) is 12.5. The third kappa shape index (κ3) is 2.79. The van der Waals surface area contributed by atoms with Crippen LogP contribution in [0.25, 0.3) is 0 Å². The summed E-state index contributed by atoms with van der Waals surface area (Å²) in [6.45, 7) is 1.92. The molecule has 1 nitrogen and oxygen atoms in total. The molecular formula is C15H14F3N. The van der Waals surface area contributed by atoms with Crippen molar-refractivity contribution in [2.24, 2.45) is 5.73 Å². The lowest BCUT2D eigenvalue weighted by Crippen LogP contribution is -2.16. The predicted octanol–water partition coefficient (Wildman–Crippen LogP) is 3.65. The monoisotopic (exact) mass is 265 g/mol. The second-order valence-electron chi connectivity index (χ2n) is 4.50. The first-order valence-corrected chi connectivity index (χ1v) is 5.94. The Labute approximate surface area is 109 Å². The molecule has 1 unspecified atom stereocenters. The highest BCUT2D eigenvalue weighted by Crippen LogP contribution is 2.23. The van der Waals surface area contributed by atoms with E-state index in [0.29, 0.717) is 6.42 Å². The number of hydrogen-bond acceptors (Lipinski definition) is 1. The van der Waals surface area contributed by atoms with Crippen molar-refractivity contribution in [2.75, 3.05) is 0 Å². The lowest BCUT2D eigenvalue weighted by atomic mass is 9.96. The lowest BCUT2D eigenvalue weighted by Gasteiger charge is -2.15. The van der Waals surface area contributed by atoms with Gasteiger partial charge < -0.3 is 5.73 Å². The molecule has 0 aromatic heterocycles. The summed E-state index contributed by atoms with van der Waals surface area (Å²) in [6.07, 6.45) is 0.370. The molecule has 0 aliphatic rings. The van der Waals surface area contributed by atoms with Gasteiger partial charge in [0.1, 0.15) is 0 Å². The average Bonchev–Trinajstić information content (AvgIpc) is 2.39. The Morgan fingerprint density at radius 1 is 1.00 bits per heavy atom. The summed E-state index contributed by atoms with van der Waals surface area (Å²) in [5.74, 6) is -3.89. The van der Waals surface area contributed by atoms with Gasteiger partial charge in [-0.05, 0) is 30.5 Å². The van der Waals surface area contributed by atoms with Crippen LogP contribution in [0, 0.1) is 24.4 Å². The van der Waals surface area contributed by atoms with Crippen LogP contribution >= 0.6 is 0 Å². The molecule has 0 saturated carbocycles. The minimum absolute atomic E-state index is 0.0119. The van der Waals surface area contributed by atoms with E-state index in [-0.39, 0.29) is 5.56 Å². The molecule has 0 aliphatic carbocycles. The second kappa shape index (κ2) is 5.45. The molecule has 0 radical (unpaired) electrons. The van der Waals surface area contributed by atoms with E-state index in [0.717, 1.165) is 17.2 Å². The van der Waals surface area contributed by atoms with Gasteiger partial charge in [-0.15, -0.1) is 0 Å². The van der Waals surface area contributed by atoms with Crippen LogP contribution in [-0.4, -0.2) is 0 Å². The van der Waals surface area contributed by atoms with Crippen molar-refractivity contribution < 1.29 is 13.2 Å². The predicted molar refractivity (Wildman–Crippen MR) is 68.1 cm³/mol. The molecule has 0 aliphatic heterocycles. The van der Waals surface area contributed by atoms with Gasteiger partial charge in [-0.1, -0.05) is 30.3 Å². The van der Waals surface area contributed by atoms with Gasteiger partial charge in [0.2, 0.25) is 0 Å². The first-order chi connectivity index (χ1) is 9.00. The van der Waals surface area contributed by atoms with Crippen LogP contribution < -0.4 is 5.73 Å². The van der Waals surface area contributed by atoms with E-state index in [1.807, 2.05) is 31.2 Å². The third-order valence-electron chi connectivity index (χ3n) is 3.17. The van der Waals surface area contributed by atoms with Crippen LogP contribution in [-0.2, 0) is 6.42 Å². The van der Waals surface area contributed by atoms with Crippen LogP contribution in [0.2, 0.25) is 0 Å². The summed E-state index contributed by atoms with van der Waals surface area (Å²) in [7, 11) is 0. The number of nitrogens with two attached hydrogens (primary N) is 1. The van der Waals surface area contributed by atoms with Gasteiger partial charge in [-0.2, -0.15) is 0 Å². The Morgan fingerprint density at radius 2 is 1.68 bits per heavy atom. The summed E-state index contributed by atoms with van der Waals surface area (Å²) < 4.78 is 39.6. The van der Waals surface area contributed by atoms with Crippen LogP contribution in [0.5, 0.6) is 0 Å². The number of aryl methyl sites for hydroxylation is 1. The molecule has 2 aromatic rings. The fraction of sp³-hybridized carbons (Fsp3) is 0.200. The molecule has 100 valence electrons. The van der Waals surface area contributed by atoms with E-state index < -0.39 is 23.5 Å². The molecular weight excluding hydrogens is 251 g/mol. The van der Waals surface area contributed by atoms with Gasteiger partial charge in [0.25, 0.3) is 0 Å². The Morgan fingerprint density at radius 3 is 2.37 bits per heavy atom. The van der Waals surface area contributed by atoms with Crippen molar-refractivity contribution in [3.05, 3.63) is 70.5 Å². The van der Waals surface area contributed by atoms with E-state index >= 15 is 0 Å². The number of halogens is 3. The third-order valence-corrected chi connectivity index (χ3v) is 3.17.